The van der Waals surface area contributed by atoms with Crippen LogP contribution in [0.15, 0.2) is 65.3 Å². The first-order chi connectivity index (χ1) is 16.8. The number of nitrogens with zero attached hydrogens (tertiary/aromatic N) is 2. The largest absolute Gasteiger partial charge is 0.471 e. The number of nitrogens with two attached hydrogens (primary N) is 1. The van der Waals surface area contributed by atoms with Gasteiger partial charge in [-0.05, 0) is 36.8 Å². The molecule has 2 aromatic rings. The molecule has 1 atom stereocenters. The van der Waals surface area contributed by atoms with Gasteiger partial charge in [0, 0.05) is 30.3 Å². The highest BCUT2D eigenvalue weighted by Gasteiger charge is 2.41. The van der Waals surface area contributed by atoms with E-state index in [0.29, 0.717) is 6.08 Å². The van der Waals surface area contributed by atoms with E-state index in [1.54, 1.807) is 12.1 Å². The Morgan fingerprint density at radius 3 is 2.19 bits per heavy atom. The van der Waals surface area contributed by atoms with E-state index in [1.165, 1.54) is 41.3 Å². The van der Waals surface area contributed by atoms with Gasteiger partial charge in [-0.2, -0.15) is 26.3 Å². The number of para-hydroxylation sites is 1. The van der Waals surface area contributed by atoms with Gasteiger partial charge in [0.05, 0.1) is 16.4 Å². The molecule has 0 aliphatic carbocycles. The molecule has 0 spiro atoms. The molecule has 1 fully saturated rings. The minimum atomic E-state index is -5.03. The van der Waals surface area contributed by atoms with Gasteiger partial charge in [0.1, 0.15) is 5.70 Å². The molecule has 2 amide bonds. The number of nitrogens with one attached hydrogen (secondary N) is 1. The molecule has 0 bridgehead atoms. The summed E-state index contributed by atoms with van der Waals surface area (Å²) in [4.78, 5) is 29.3. The van der Waals surface area contributed by atoms with Gasteiger partial charge >= 0.3 is 18.3 Å². The Hall–Kier alpha value is -3.54. The van der Waals surface area contributed by atoms with E-state index in [1.807, 2.05) is 5.32 Å². The average Bonchev–Trinajstić information content (AvgIpc) is 3.27. The van der Waals surface area contributed by atoms with Crippen molar-refractivity contribution in [3.8, 4) is 0 Å². The maximum Gasteiger partial charge on any atom is 0.471 e. The number of aliphatic imine (C=N–C) groups is 1. The zero-order valence-electron chi connectivity index (χ0n) is 18.3. The Bertz CT molecular complexity index is 1190. The fourth-order valence-corrected chi connectivity index (χ4v) is 3.56. The van der Waals surface area contributed by atoms with Crippen LogP contribution >= 0.6 is 11.6 Å². The standard InChI is InChI=1S/C23H19ClF6N4O2/c24-16-3-1-2-4-17(16)33-18(11-19(31)22(25,26)27)13-5-7-14(8-6-13)20(35)34-10-9-15(12-34)32-21(36)23(28,29)30/h1-8,11,15H,9-10,12,31H2,(H,32,36)/b19-11-,33-18?/t15-/m0/s1. The molecule has 0 aromatic heterocycles. The van der Waals surface area contributed by atoms with Crippen molar-refractivity contribution >= 4 is 34.8 Å². The lowest BCUT2D eigenvalue weighted by molar-refractivity contribution is -0.174. The number of hydrogen-bond donors (Lipinski definition) is 2. The Labute approximate surface area is 206 Å². The van der Waals surface area contributed by atoms with Gasteiger partial charge < -0.3 is 16.0 Å². The minimum Gasteiger partial charge on any atom is -0.395 e. The van der Waals surface area contributed by atoms with Gasteiger partial charge in [-0.3, -0.25) is 9.59 Å². The monoisotopic (exact) mass is 532 g/mol. The molecule has 3 rings (SSSR count). The van der Waals surface area contributed by atoms with Crippen molar-refractivity contribution in [3.63, 3.8) is 0 Å². The first-order valence-corrected chi connectivity index (χ1v) is 10.8. The van der Waals surface area contributed by atoms with E-state index in [9.17, 15) is 35.9 Å². The van der Waals surface area contributed by atoms with E-state index >= 15 is 0 Å². The molecule has 1 saturated heterocycles. The van der Waals surface area contributed by atoms with Crippen LogP contribution < -0.4 is 11.1 Å². The van der Waals surface area contributed by atoms with E-state index in [0.717, 1.165) is 0 Å². The summed E-state index contributed by atoms with van der Waals surface area (Å²) in [5.41, 5.74) is 4.17. The maximum absolute atomic E-state index is 13.0. The van der Waals surface area contributed by atoms with Crippen molar-refractivity contribution < 1.29 is 35.9 Å². The first-order valence-electron chi connectivity index (χ1n) is 10.4. The van der Waals surface area contributed by atoms with Crippen LogP contribution in [0.2, 0.25) is 5.02 Å². The number of carbonyl (C=O) groups excluding carboxylic acids is 2. The molecule has 1 aliphatic heterocycles. The van der Waals surface area contributed by atoms with Crippen LogP contribution in [0.4, 0.5) is 32.0 Å². The van der Waals surface area contributed by atoms with E-state index < -0.39 is 35.9 Å². The number of halogens is 7. The number of likely N-dealkylation sites (tertiary alicyclic amines) is 1. The highest BCUT2D eigenvalue weighted by molar-refractivity contribution is 6.33. The molecule has 2 aromatic carbocycles. The number of allylic oxidation sites excluding steroid dienone is 2. The molecule has 3 N–H and O–H groups in total. The van der Waals surface area contributed by atoms with Crippen LogP contribution in [-0.2, 0) is 4.79 Å². The summed E-state index contributed by atoms with van der Waals surface area (Å²) in [5.74, 6) is -2.59. The number of hydrogen-bond acceptors (Lipinski definition) is 4. The van der Waals surface area contributed by atoms with Crippen molar-refractivity contribution in [2.45, 2.75) is 24.8 Å². The number of carbonyl (C=O) groups is 2. The Morgan fingerprint density at radius 1 is 1.00 bits per heavy atom. The third-order valence-corrected chi connectivity index (χ3v) is 5.53. The highest BCUT2D eigenvalue weighted by atomic mass is 35.5. The van der Waals surface area contributed by atoms with Gasteiger partial charge in [-0.1, -0.05) is 35.9 Å². The minimum absolute atomic E-state index is 0.119. The average molecular weight is 533 g/mol. The van der Waals surface area contributed by atoms with Gasteiger partial charge in [0.15, 0.2) is 0 Å². The third kappa shape index (κ3) is 6.78. The summed E-state index contributed by atoms with van der Waals surface area (Å²) >= 11 is 6.07. The molecule has 1 aliphatic rings. The lowest BCUT2D eigenvalue weighted by atomic mass is 10.1. The second kappa shape index (κ2) is 10.6. The Balaban J connectivity index is 1.82. The van der Waals surface area contributed by atoms with Crippen LogP contribution in [0.5, 0.6) is 0 Å². The number of amides is 2. The molecule has 36 heavy (non-hydrogen) atoms. The quantitative estimate of drug-likeness (QED) is 0.430. The van der Waals surface area contributed by atoms with E-state index in [2.05, 4.69) is 4.99 Å². The van der Waals surface area contributed by atoms with Crippen LogP contribution in [-0.4, -0.2) is 53.9 Å². The fraction of sp³-hybridized carbons (Fsp3) is 0.261. The van der Waals surface area contributed by atoms with Crippen LogP contribution in [0.25, 0.3) is 0 Å². The van der Waals surface area contributed by atoms with Crippen molar-refractivity contribution in [1.82, 2.24) is 10.2 Å². The number of alkyl halides is 6. The topological polar surface area (TPSA) is 87.8 Å². The van der Waals surface area contributed by atoms with Gasteiger partial charge in [-0.15, -0.1) is 0 Å². The summed E-state index contributed by atoms with van der Waals surface area (Å²) in [7, 11) is 0. The lowest BCUT2D eigenvalue weighted by Gasteiger charge is -2.18. The predicted octanol–water partition coefficient (Wildman–Crippen LogP) is 4.76. The normalized spacial score (nSPS) is 17.3. The molecular formula is C23H19ClF6N4O2. The van der Waals surface area contributed by atoms with Crippen LogP contribution in [0.1, 0.15) is 22.3 Å². The molecule has 6 nitrogen and oxygen atoms in total. The fourth-order valence-electron chi connectivity index (χ4n) is 3.38. The molecule has 0 unspecified atom stereocenters. The summed E-state index contributed by atoms with van der Waals surface area (Å²) in [5, 5.41) is 2.04. The van der Waals surface area contributed by atoms with E-state index in [-0.39, 0.29) is 47.1 Å². The maximum atomic E-state index is 13.0. The molecule has 1 heterocycles. The summed E-state index contributed by atoms with van der Waals surface area (Å²) in [6, 6.07) is 10.8. The van der Waals surface area contributed by atoms with Crippen molar-refractivity contribution in [3.05, 3.63) is 76.5 Å². The lowest BCUT2D eigenvalue weighted by Crippen LogP contribution is -2.44. The Morgan fingerprint density at radius 2 is 1.61 bits per heavy atom. The third-order valence-electron chi connectivity index (χ3n) is 5.21. The predicted molar refractivity (Wildman–Crippen MR) is 121 cm³/mol. The first kappa shape index (κ1) is 27.1. The summed E-state index contributed by atoms with van der Waals surface area (Å²) < 4.78 is 76.5. The van der Waals surface area contributed by atoms with Crippen LogP contribution in [0, 0.1) is 0 Å². The van der Waals surface area contributed by atoms with E-state index in [4.69, 9.17) is 17.3 Å². The second-order valence-electron chi connectivity index (χ2n) is 7.83. The molecule has 13 heteroatoms. The molecule has 192 valence electrons. The summed E-state index contributed by atoms with van der Waals surface area (Å²) in [6.45, 7) is -0.0000690. The van der Waals surface area contributed by atoms with Crippen molar-refractivity contribution in [2.24, 2.45) is 10.7 Å². The number of rotatable bonds is 5. The summed E-state index contributed by atoms with van der Waals surface area (Å²) in [6.07, 6.45) is -9.04. The van der Waals surface area contributed by atoms with Gasteiger partial charge in [-0.25, -0.2) is 4.99 Å². The zero-order valence-corrected chi connectivity index (χ0v) is 19.1. The smallest absolute Gasteiger partial charge is 0.395 e. The Kier molecular flexibility index (Phi) is 7.97. The SMILES string of the molecule is N/C(=C\C(=Nc1ccccc1Cl)c1ccc(C(=O)N2CC[C@H](NC(=O)C(F)(F)F)C2)cc1)C(F)(F)F. The molecular weight excluding hydrogens is 514 g/mol. The molecule has 0 saturated carbocycles. The van der Waals surface area contributed by atoms with Gasteiger partial charge in [0.25, 0.3) is 5.91 Å². The second-order valence-corrected chi connectivity index (χ2v) is 8.24. The highest BCUT2D eigenvalue weighted by Crippen LogP contribution is 2.27. The molecule has 0 radical (unpaired) electrons. The van der Waals surface area contributed by atoms with Crippen molar-refractivity contribution in [1.29, 1.82) is 0 Å². The zero-order chi connectivity index (χ0) is 26.7. The van der Waals surface area contributed by atoms with Crippen LogP contribution in [0.3, 0.4) is 0 Å². The number of benzene rings is 2. The van der Waals surface area contributed by atoms with Gasteiger partial charge in [0.2, 0.25) is 0 Å². The van der Waals surface area contributed by atoms with Crippen molar-refractivity contribution in [2.75, 3.05) is 13.1 Å².